The molecule has 5 heteroatoms. The number of nitrogen functional groups attached to an aromatic ring is 1. The summed E-state index contributed by atoms with van der Waals surface area (Å²) in [5.41, 5.74) is 14.2. The van der Waals surface area contributed by atoms with Crippen LogP contribution in [0, 0.1) is 0 Å². The number of amides is 1. The van der Waals surface area contributed by atoms with Crippen molar-refractivity contribution in [2.24, 2.45) is 5.73 Å². The molecule has 0 saturated heterocycles. The van der Waals surface area contributed by atoms with Crippen LogP contribution < -0.4 is 11.5 Å². The van der Waals surface area contributed by atoms with E-state index in [0.29, 0.717) is 16.3 Å². The first-order valence-corrected chi connectivity index (χ1v) is 6.05. The largest absolute Gasteiger partial charge is 0.396 e. The molecular weight excluding hydrogens is 234 g/mol. The minimum atomic E-state index is -0.530. The lowest BCUT2D eigenvalue weighted by Crippen LogP contribution is -2.10. The van der Waals surface area contributed by atoms with Gasteiger partial charge in [-0.1, -0.05) is 25.1 Å². The first-order valence-electron chi connectivity index (χ1n) is 5.27. The van der Waals surface area contributed by atoms with E-state index in [4.69, 9.17) is 11.5 Å². The number of hydrogen-bond acceptors (Lipinski definition) is 4. The molecule has 2 aromatic rings. The van der Waals surface area contributed by atoms with Crippen molar-refractivity contribution in [3.63, 3.8) is 0 Å². The van der Waals surface area contributed by atoms with Crippen LogP contribution in [0.5, 0.6) is 0 Å². The third-order valence-corrected chi connectivity index (χ3v) is 3.44. The van der Waals surface area contributed by atoms with Gasteiger partial charge in [-0.3, -0.25) is 4.79 Å². The molecule has 0 aliphatic carbocycles. The molecule has 0 atom stereocenters. The van der Waals surface area contributed by atoms with Crippen LogP contribution in [0.1, 0.15) is 22.2 Å². The molecule has 88 valence electrons. The van der Waals surface area contributed by atoms with E-state index in [1.807, 2.05) is 24.3 Å². The van der Waals surface area contributed by atoms with Crippen molar-refractivity contribution in [1.82, 2.24) is 4.37 Å². The Bertz CT molecular complexity index is 563. The first kappa shape index (κ1) is 11.6. The van der Waals surface area contributed by atoms with Gasteiger partial charge in [-0.15, -0.1) is 0 Å². The normalized spacial score (nSPS) is 10.4. The van der Waals surface area contributed by atoms with Gasteiger partial charge < -0.3 is 11.5 Å². The Labute approximate surface area is 103 Å². The van der Waals surface area contributed by atoms with Gasteiger partial charge in [-0.2, -0.15) is 4.37 Å². The molecule has 0 unspecified atom stereocenters. The highest BCUT2D eigenvalue weighted by molar-refractivity contribution is 7.09. The number of carbonyl (C=O) groups excluding carboxylic acids is 1. The molecular formula is C12H13N3OS. The fourth-order valence-electron chi connectivity index (χ4n) is 1.62. The fourth-order valence-corrected chi connectivity index (χ4v) is 2.29. The minimum absolute atomic E-state index is 0.321. The number of aromatic nitrogens is 1. The van der Waals surface area contributed by atoms with Crippen molar-refractivity contribution in [1.29, 1.82) is 0 Å². The van der Waals surface area contributed by atoms with Crippen molar-refractivity contribution in [3.05, 3.63) is 34.7 Å². The second kappa shape index (κ2) is 4.55. The molecule has 0 saturated carbocycles. The molecule has 4 N–H and O–H groups in total. The number of primary amides is 1. The van der Waals surface area contributed by atoms with Crippen LogP contribution in [0.3, 0.4) is 0 Å². The average molecular weight is 247 g/mol. The highest BCUT2D eigenvalue weighted by Gasteiger charge is 2.16. The molecule has 0 radical (unpaired) electrons. The number of nitrogens with two attached hydrogens (primary N) is 2. The molecule has 1 amide bonds. The summed E-state index contributed by atoms with van der Waals surface area (Å²) in [6, 6.07) is 7.95. The molecule has 1 heterocycles. The highest BCUT2D eigenvalue weighted by atomic mass is 32.1. The number of anilines is 1. The van der Waals surface area contributed by atoms with E-state index in [1.54, 1.807) is 0 Å². The Hall–Kier alpha value is -1.88. The number of benzene rings is 1. The maximum absolute atomic E-state index is 11.1. The van der Waals surface area contributed by atoms with Gasteiger partial charge in [0.1, 0.15) is 10.6 Å². The van der Waals surface area contributed by atoms with E-state index in [9.17, 15) is 4.79 Å². The summed E-state index contributed by atoms with van der Waals surface area (Å²) in [6.07, 6.45) is 0.945. The monoisotopic (exact) mass is 247 g/mol. The lowest BCUT2D eigenvalue weighted by atomic mass is 10.1. The number of hydrogen-bond donors (Lipinski definition) is 2. The lowest BCUT2D eigenvalue weighted by Gasteiger charge is -2.02. The summed E-state index contributed by atoms with van der Waals surface area (Å²) in [5.74, 6) is -0.530. The van der Waals surface area contributed by atoms with E-state index < -0.39 is 5.91 Å². The van der Waals surface area contributed by atoms with E-state index in [-0.39, 0.29) is 0 Å². The lowest BCUT2D eigenvalue weighted by molar-refractivity contribution is 0.100. The number of rotatable bonds is 3. The van der Waals surface area contributed by atoms with Crippen molar-refractivity contribution in [2.75, 3.05) is 5.73 Å². The quantitative estimate of drug-likeness (QED) is 0.870. The van der Waals surface area contributed by atoms with Gasteiger partial charge in [-0.05, 0) is 29.6 Å². The van der Waals surface area contributed by atoms with Crippen molar-refractivity contribution >= 4 is 23.1 Å². The van der Waals surface area contributed by atoms with Crippen LogP contribution >= 0.6 is 11.5 Å². The first-order chi connectivity index (χ1) is 8.13. The molecule has 1 aromatic carbocycles. The van der Waals surface area contributed by atoms with Gasteiger partial charge in [0, 0.05) is 5.56 Å². The maximum Gasteiger partial charge on any atom is 0.262 e. The summed E-state index contributed by atoms with van der Waals surface area (Å²) < 4.78 is 4.20. The molecule has 0 aliphatic rings. The summed E-state index contributed by atoms with van der Waals surface area (Å²) >= 11 is 1.04. The van der Waals surface area contributed by atoms with Crippen LogP contribution in [0.25, 0.3) is 11.3 Å². The van der Waals surface area contributed by atoms with Crippen molar-refractivity contribution in [3.8, 4) is 11.3 Å². The molecule has 17 heavy (non-hydrogen) atoms. The second-order valence-corrected chi connectivity index (χ2v) is 4.47. The Morgan fingerprint density at radius 1 is 1.47 bits per heavy atom. The smallest absolute Gasteiger partial charge is 0.262 e. The van der Waals surface area contributed by atoms with Crippen LogP contribution in [0.2, 0.25) is 0 Å². The van der Waals surface area contributed by atoms with Gasteiger partial charge >= 0.3 is 0 Å². The van der Waals surface area contributed by atoms with Crippen molar-refractivity contribution < 1.29 is 4.79 Å². The zero-order valence-electron chi connectivity index (χ0n) is 9.43. The van der Waals surface area contributed by atoms with Gasteiger partial charge in [0.15, 0.2) is 0 Å². The van der Waals surface area contributed by atoms with Gasteiger partial charge in [-0.25, -0.2) is 0 Å². The standard InChI is InChI=1S/C12H13N3OS/c1-2-7-4-3-5-8(6-7)10-9(13)11(12(14)16)17-15-10/h3-6H,2,13H2,1H3,(H2,14,16). The summed E-state index contributed by atoms with van der Waals surface area (Å²) in [5, 5.41) is 0. The molecule has 4 nitrogen and oxygen atoms in total. The summed E-state index contributed by atoms with van der Waals surface area (Å²) in [7, 11) is 0. The van der Waals surface area contributed by atoms with Gasteiger partial charge in [0.05, 0.1) is 5.69 Å². The molecule has 0 bridgehead atoms. The van der Waals surface area contributed by atoms with Crippen LogP contribution in [0.15, 0.2) is 24.3 Å². The second-order valence-electron chi connectivity index (χ2n) is 3.69. The summed E-state index contributed by atoms with van der Waals surface area (Å²) in [4.78, 5) is 11.4. The Morgan fingerprint density at radius 3 is 2.82 bits per heavy atom. The molecule has 0 fully saturated rings. The predicted octanol–water partition coefficient (Wildman–Crippen LogP) is 2.05. The highest BCUT2D eigenvalue weighted by Crippen LogP contribution is 2.30. The minimum Gasteiger partial charge on any atom is -0.396 e. The predicted molar refractivity (Wildman–Crippen MR) is 69.9 cm³/mol. The maximum atomic E-state index is 11.1. The zero-order valence-corrected chi connectivity index (χ0v) is 10.3. The third kappa shape index (κ3) is 2.14. The fraction of sp³-hybridized carbons (Fsp3) is 0.167. The number of carbonyl (C=O) groups is 1. The molecule has 2 rings (SSSR count). The van der Waals surface area contributed by atoms with Gasteiger partial charge in [0.25, 0.3) is 5.91 Å². The average Bonchev–Trinajstić information content (AvgIpc) is 2.71. The van der Waals surface area contributed by atoms with E-state index in [2.05, 4.69) is 11.3 Å². The molecule has 0 aliphatic heterocycles. The SMILES string of the molecule is CCc1cccc(-c2nsc(C(N)=O)c2N)c1. The van der Waals surface area contributed by atoms with E-state index >= 15 is 0 Å². The molecule has 0 spiro atoms. The number of nitrogens with zero attached hydrogens (tertiary/aromatic N) is 1. The van der Waals surface area contributed by atoms with E-state index in [0.717, 1.165) is 23.5 Å². The summed E-state index contributed by atoms with van der Waals surface area (Å²) in [6.45, 7) is 2.08. The topological polar surface area (TPSA) is 82.0 Å². The third-order valence-electron chi connectivity index (χ3n) is 2.56. The Balaban J connectivity index is 2.49. The Morgan fingerprint density at radius 2 is 2.24 bits per heavy atom. The Kier molecular flexibility index (Phi) is 3.10. The van der Waals surface area contributed by atoms with Crippen LogP contribution in [-0.2, 0) is 6.42 Å². The van der Waals surface area contributed by atoms with Crippen LogP contribution in [-0.4, -0.2) is 10.3 Å². The van der Waals surface area contributed by atoms with Crippen LogP contribution in [0.4, 0.5) is 5.69 Å². The molecule has 1 aromatic heterocycles. The zero-order chi connectivity index (χ0) is 12.4. The number of aryl methyl sites for hydroxylation is 1. The van der Waals surface area contributed by atoms with Crippen molar-refractivity contribution in [2.45, 2.75) is 13.3 Å². The van der Waals surface area contributed by atoms with Gasteiger partial charge in [0.2, 0.25) is 0 Å². The van der Waals surface area contributed by atoms with E-state index in [1.165, 1.54) is 5.56 Å².